The summed E-state index contributed by atoms with van der Waals surface area (Å²) in [6.45, 7) is 0. The third kappa shape index (κ3) is 5.57. The van der Waals surface area contributed by atoms with Crippen LogP contribution in [0.4, 0.5) is 17.1 Å². The van der Waals surface area contributed by atoms with Crippen LogP contribution >= 0.6 is 11.6 Å². The van der Waals surface area contributed by atoms with Gasteiger partial charge in [-0.1, -0.05) is 23.7 Å². The highest BCUT2D eigenvalue weighted by Gasteiger charge is 2.22. The van der Waals surface area contributed by atoms with E-state index in [9.17, 15) is 18.5 Å². The Morgan fingerprint density at radius 2 is 1.74 bits per heavy atom. The van der Waals surface area contributed by atoms with Crippen LogP contribution in [-0.2, 0) is 10.0 Å². The van der Waals surface area contributed by atoms with Crippen molar-refractivity contribution in [2.24, 2.45) is 5.10 Å². The third-order valence-corrected chi connectivity index (χ3v) is 5.67. The molecule has 0 spiro atoms. The molecule has 11 heteroatoms. The minimum atomic E-state index is -4.19. The van der Waals surface area contributed by atoms with E-state index in [-0.39, 0.29) is 16.3 Å². The summed E-state index contributed by atoms with van der Waals surface area (Å²) in [5.74, 6) is 0. The Bertz CT molecular complexity index is 1280. The number of nitrogens with zero attached hydrogens (tertiary/aromatic N) is 3. The first-order chi connectivity index (χ1) is 14.8. The van der Waals surface area contributed by atoms with Crippen molar-refractivity contribution in [3.63, 3.8) is 0 Å². The SMILES string of the molecule is N#Cc1ccc(/C=N/Nc2ccc([N+](=O)[O-])cc2S(=O)(=O)Nc2ccc(Cl)cc2)cc1. The molecule has 9 nitrogen and oxygen atoms in total. The molecule has 0 atom stereocenters. The predicted molar refractivity (Wildman–Crippen MR) is 118 cm³/mol. The Morgan fingerprint density at radius 1 is 1.06 bits per heavy atom. The molecule has 3 rings (SSSR count). The molecule has 0 saturated heterocycles. The van der Waals surface area contributed by atoms with Gasteiger partial charge < -0.3 is 0 Å². The topological polar surface area (TPSA) is 137 Å². The van der Waals surface area contributed by atoms with E-state index < -0.39 is 20.6 Å². The maximum atomic E-state index is 12.9. The molecule has 2 N–H and O–H groups in total. The number of rotatable bonds is 7. The average Bonchev–Trinajstić information content (AvgIpc) is 2.75. The molecule has 3 aromatic carbocycles. The van der Waals surface area contributed by atoms with Crippen molar-refractivity contribution in [1.29, 1.82) is 5.26 Å². The number of halogens is 1. The second-order valence-corrected chi connectivity index (χ2v) is 8.24. The summed E-state index contributed by atoms with van der Waals surface area (Å²) in [4.78, 5) is 10.1. The van der Waals surface area contributed by atoms with Crippen molar-refractivity contribution in [2.75, 3.05) is 10.1 Å². The van der Waals surface area contributed by atoms with E-state index >= 15 is 0 Å². The van der Waals surface area contributed by atoms with Crippen LogP contribution in [0, 0.1) is 21.4 Å². The number of nitriles is 1. The summed E-state index contributed by atoms with van der Waals surface area (Å²) in [6.07, 6.45) is 1.42. The van der Waals surface area contributed by atoms with Crippen LogP contribution in [0.5, 0.6) is 0 Å². The highest BCUT2D eigenvalue weighted by molar-refractivity contribution is 7.92. The summed E-state index contributed by atoms with van der Waals surface area (Å²) in [7, 11) is -4.19. The van der Waals surface area contributed by atoms with E-state index in [1.54, 1.807) is 24.3 Å². The lowest BCUT2D eigenvalue weighted by atomic mass is 10.2. The molecule has 0 amide bonds. The Morgan fingerprint density at radius 3 is 2.35 bits per heavy atom. The van der Waals surface area contributed by atoms with Gasteiger partial charge in [0.15, 0.2) is 0 Å². The van der Waals surface area contributed by atoms with Gasteiger partial charge in [-0.25, -0.2) is 8.42 Å². The third-order valence-electron chi connectivity index (χ3n) is 4.00. The van der Waals surface area contributed by atoms with Gasteiger partial charge in [0.2, 0.25) is 0 Å². The molecule has 0 aliphatic carbocycles. The number of nitro benzene ring substituents is 1. The zero-order chi connectivity index (χ0) is 22.4. The largest absolute Gasteiger partial charge is 0.280 e. The highest BCUT2D eigenvalue weighted by atomic mass is 35.5. The Kier molecular flexibility index (Phi) is 6.49. The number of sulfonamides is 1. The van der Waals surface area contributed by atoms with Crippen molar-refractivity contribution in [3.8, 4) is 6.07 Å². The lowest BCUT2D eigenvalue weighted by Gasteiger charge is -2.12. The van der Waals surface area contributed by atoms with E-state index in [1.807, 2.05) is 6.07 Å². The fourth-order valence-corrected chi connectivity index (χ4v) is 3.85. The van der Waals surface area contributed by atoms with Crippen molar-refractivity contribution < 1.29 is 13.3 Å². The Hall–Kier alpha value is -3.94. The van der Waals surface area contributed by atoms with Crippen LogP contribution in [0.1, 0.15) is 11.1 Å². The second-order valence-electron chi connectivity index (χ2n) is 6.15. The van der Waals surface area contributed by atoms with E-state index in [1.165, 1.54) is 42.6 Å². The number of benzene rings is 3. The molecular formula is C20H14ClN5O4S. The molecule has 0 saturated carbocycles. The van der Waals surface area contributed by atoms with E-state index in [2.05, 4.69) is 15.2 Å². The van der Waals surface area contributed by atoms with Gasteiger partial charge in [0.25, 0.3) is 15.7 Å². The average molecular weight is 456 g/mol. The highest BCUT2D eigenvalue weighted by Crippen LogP contribution is 2.28. The van der Waals surface area contributed by atoms with Crippen LogP contribution in [-0.4, -0.2) is 19.6 Å². The van der Waals surface area contributed by atoms with Crippen LogP contribution in [0.25, 0.3) is 0 Å². The molecule has 0 aliphatic heterocycles. The molecule has 0 aliphatic rings. The molecule has 31 heavy (non-hydrogen) atoms. The molecule has 0 unspecified atom stereocenters. The van der Waals surface area contributed by atoms with Gasteiger partial charge in [0.05, 0.1) is 28.5 Å². The van der Waals surface area contributed by atoms with Crippen molar-refractivity contribution >= 4 is 44.9 Å². The van der Waals surface area contributed by atoms with Gasteiger partial charge in [0.1, 0.15) is 4.90 Å². The first-order valence-corrected chi connectivity index (χ1v) is 10.5. The minimum absolute atomic E-state index is 0.0389. The van der Waals surface area contributed by atoms with Gasteiger partial charge in [0, 0.05) is 22.8 Å². The summed E-state index contributed by atoms with van der Waals surface area (Å²) >= 11 is 5.81. The van der Waals surface area contributed by atoms with Crippen molar-refractivity contribution in [3.05, 3.63) is 93.0 Å². The summed E-state index contributed by atoms with van der Waals surface area (Å²) in [5, 5.41) is 24.4. The first-order valence-electron chi connectivity index (χ1n) is 8.64. The number of non-ortho nitro benzene ring substituents is 1. The van der Waals surface area contributed by atoms with Gasteiger partial charge in [-0.2, -0.15) is 10.4 Å². The maximum Gasteiger partial charge on any atom is 0.270 e. The fourth-order valence-electron chi connectivity index (χ4n) is 2.49. The second kappa shape index (κ2) is 9.25. The van der Waals surface area contributed by atoms with E-state index in [0.717, 1.165) is 6.07 Å². The maximum absolute atomic E-state index is 12.9. The number of nitro groups is 1. The smallest absolute Gasteiger partial charge is 0.270 e. The van der Waals surface area contributed by atoms with Crippen LogP contribution < -0.4 is 10.1 Å². The predicted octanol–water partition coefficient (Wildman–Crippen LogP) is 4.37. The Balaban J connectivity index is 1.91. The molecule has 0 aromatic heterocycles. The van der Waals surface area contributed by atoms with Crippen molar-refractivity contribution in [2.45, 2.75) is 4.90 Å². The molecule has 156 valence electrons. The van der Waals surface area contributed by atoms with Gasteiger partial charge >= 0.3 is 0 Å². The van der Waals surface area contributed by atoms with Gasteiger partial charge in [-0.15, -0.1) is 0 Å². The standard InChI is InChI=1S/C20H14ClN5O4S/c21-16-5-7-17(8-6-16)25-31(29,30)20-11-18(26(27)28)9-10-19(20)24-23-13-15-3-1-14(12-22)2-4-15/h1-11,13,24-25H/b23-13+. The minimum Gasteiger partial charge on any atom is -0.280 e. The van der Waals surface area contributed by atoms with Crippen LogP contribution in [0.2, 0.25) is 5.02 Å². The molecule has 0 fully saturated rings. The number of anilines is 2. The molecule has 0 heterocycles. The molecule has 3 aromatic rings. The quantitative estimate of drug-likeness (QED) is 0.308. The van der Waals surface area contributed by atoms with Crippen LogP contribution in [0.15, 0.2) is 76.7 Å². The summed E-state index contributed by atoms with van der Waals surface area (Å²) < 4.78 is 28.2. The fraction of sp³-hybridized carbons (Fsp3) is 0. The van der Waals surface area contributed by atoms with Gasteiger partial charge in [-0.05, 0) is 48.0 Å². The number of hydrazone groups is 1. The number of nitrogens with one attached hydrogen (secondary N) is 2. The first kappa shape index (κ1) is 21.8. The normalized spacial score (nSPS) is 11.1. The molecular weight excluding hydrogens is 442 g/mol. The molecule has 0 radical (unpaired) electrons. The number of hydrogen-bond acceptors (Lipinski definition) is 7. The number of hydrogen-bond donors (Lipinski definition) is 2. The van der Waals surface area contributed by atoms with Crippen LogP contribution in [0.3, 0.4) is 0 Å². The van der Waals surface area contributed by atoms with E-state index in [4.69, 9.17) is 16.9 Å². The summed E-state index contributed by atoms with van der Waals surface area (Å²) in [6, 6.07) is 17.9. The monoisotopic (exact) mass is 455 g/mol. The van der Waals surface area contributed by atoms with Gasteiger partial charge in [-0.3, -0.25) is 20.3 Å². The zero-order valence-corrected chi connectivity index (χ0v) is 17.3. The lowest BCUT2D eigenvalue weighted by Crippen LogP contribution is -2.15. The lowest BCUT2D eigenvalue weighted by molar-refractivity contribution is -0.385. The summed E-state index contributed by atoms with van der Waals surface area (Å²) in [5.41, 5.74) is 3.64. The van der Waals surface area contributed by atoms with E-state index in [0.29, 0.717) is 16.1 Å². The Labute approximate surface area is 182 Å². The zero-order valence-electron chi connectivity index (χ0n) is 15.7. The molecule has 0 bridgehead atoms. The van der Waals surface area contributed by atoms with Crippen molar-refractivity contribution in [1.82, 2.24) is 0 Å².